The zero-order valence-electron chi connectivity index (χ0n) is 8.58. The Labute approximate surface area is 113 Å². The van der Waals surface area contributed by atoms with Crippen molar-refractivity contribution in [2.24, 2.45) is 0 Å². The number of hydrogen-bond donors (Lipinski definition) is 1. The van der Waals surface area contributed by atoms with E-state index in [9.17, 15) is 4.39 Å². The van der Waals surface area contributed by atoms with E-state index in [1.807, 2.05) is 12.1 Å². The largest absolute Gasteiger partial charge is 0.398 e. The van der Waals surface area contributed by atoms with Gasteiger partial charge in [0.05, 0.1) is 5.02 Å². The van der Waals surface area contributed by atoms with E-state index >= 15 is 0 Å². The fourth-order valence-corrected chi connectivity index (χ4v) is 2.43. The van der Waals surface area contributed by atoms with Crippen LogP contribution in [0.15, 0.2) is 46.2 Å². The molecule has 0 atom stereocenters. The van der Waals surface area contributed by atoms with Crippen molar-refractivity contribution in [1.29, 1.82) is 0 Å². The molecule has 0 saturated heterocycles. The first kappa shape index (κ1) is 12.6. The molecule has 2 rings (SSSR count). The molecule has 0 radical (unpaired) electrons. The van der Waals surface area contributed by atoms with Gasteiger partial charge in [0.15, 0.2) is 0 Å². The number of nitrogens with two attached hydrogens (primary N) is 1. The summed E-state index contributed by atoms with van der Waals surface area (Å²) >= 11 is 12.8. The smallest absolute Gasteiger partial charge is 0.143 e. The highest BCUT2D eigenvalue weighted by atomic mass is 35.5. The van der Waals surface area contributed by atoms with Crippen LogP contribution < -0.4 is 5.73 Å². The third-order valence-corrected chi connectivity index (χ3v) is 3.72. The summed E-state index contributed by atoms with van der Waals surface area (Å²) in [5, 5.41) is 0.688. The van der Waals surface area contributed by atoms with Gasteiger partial charge in [0, 0.05) is 20.5 Å². The van der Waals surface area contributed by atoms with Gasteiger partial charge in [-0.1, -0.05) is 35.0 Å². The zero-order chi connectivity index (χ0) is 12.4. The maximum absolute atomic E-state index is 13.3. The Bertz CT molecular complexity index is 543. The second-order valence-corrected chi connectivity index (χ2v) is 5.32. The second kappa shape index (κ2) is 5.17. The molecular weight excluding hydrogens is 280 g/mol. The quantitative estimate of drug-likeness (QED) is 0.798. The Hall–Kier alpha value is -0.900. The molecule has 0 unspecified atom stereocenters. The molecule has 0 aromatic heterocycles. The summed E-state index contributed by atoms with van der Waals surface area (Å²) in [6.07, 6.45) is 0. The van der Waals surface area contributed by atoms with E-state index in [0.717, 1.165) is 4.90 Å². The molecule has 0 spiro atoms. The van der Waals surface area contributed by atoms with Gasteiger partial charge in [0.2, 0.25) is 0 Å². The fourth-order valence-electron chi connectivity index (χ4n) is 1.26. The number of hydrogen-bond acceptors (Lipinski definition) is 2. The monoisotopic (exact) mass is 287 g/mol. The normalized spacial score (nSPS) is 10.5. The molecule has 0 heterocycles. The molecule has 0 bridgehead atoms. The van der Waals surface area contributed by atoms with Gasteiger partial charge in [-0.25, -0.2) is 4.39 Å². The van der Waals surface area contributed by atoms with Crippen molar-refractivity contribution in [2.75, 3.05) is 5.73 Å². The number of halogens is 3. The summed E-state index contributed by atoms with van der Waals surface area (Å²) < 4.78 is 13.3. The van der Waals surface area contributed by atoms with Crippen LogP contribution in [0.25, 0.3) is 0 Å². The van der Waals surface area contributed by atoms with E-state index in [2.05, 4.69) is 0 Å². The minimum absolute atomic E-state index is 0.0305. The van der Waals surface area contributed by atoms with Gasteiger partial charge in [0.25, 0.3) is 0 Å². The highest BCUT2D eigenvalue weighted by Crippen LogP contribution is 2.35. The minimum Gasteiger partial charge on any atom is -0.398 e. The van der Waals surface area contributed by atoms with Crippen LogP contribution >= 0.6 is 35.0 Å². The van der Waals surface area contributed by atoms with E-state index in [-0.39, 0.29) is 5.02 Å². The fraction of sp³-hybridized carbons (Fsp3) is 0. The van der Waals surface area contributed by atoms with E-state index < -0.39 is 5.82 Å². The van der Waals surface area contributed by atoms with Crippen molar-refractivity contribution in [2.45, 2.75) is 9.79 Å². The molecule has 2 aromatic rings. The van der Waals surface area contributed by atoms with E-state index in [4.69, 9.17) is 28.9 Å². The molecule has 0 fully saturated rings. The average molecular weight is 288 g/mol. The molecular formula is C12H8Cl2FNS. The van der Waals surface area contributed by atoms with Gasteiger partial charge in [-0.15, -0.1) is 0 Å². The van der Waals surface area contributed by atoms with Crippen LogP contribution in [0.3, 0.4) is 0 Å². The van der Waals surface area contributed by atoms with Crippen molar-refractivity contribution in [1.82, 2.24) is 0 Å². The average Bonchev–Trinajstić information content (AvgIpc) is 2.29. The lowest BCUT2D eigenvalue weighted by Crippen LogP contribution is -1.90. The van der Waals surface area contributed by atoms with Crippen LogP contribution in [0, 0.1) is 5.82 Å². The molecule has 0 aliphatic heterocycles. The number of anilines is 1. The number of benzene rings is 2. The Kier molecular flexibility index (Phi) is 3.82. The SMILES string of the molecule is Nc1cc(Cl)c(F)cc1Sc1ccc(Cl)cc1. The summed E-state index contributed by atoms with van der Waals surface area (Å²) in [5.74, 6) is -0.475. The zero-order valence-corrected chi connectivity index (χ0v) is 10.9. The van der Waals surface area contributed by atoms with Crippen LogP contribution in [0.2, 0.25) is 10.0 Å². The molecule has 2 aromatic carbocycles. The Balaban J connectivity index is 2.30. The molecule has 0 amide bonds. The van der Waals surface area contributed by atoms with Gasteiger partial charge in [0.1, 0.15) is 5.82 Å². The van der Waals surface area contributed by atoms with Gasteiger partial charge in [-0.2, -0.15) is 0 Å². The van der Waals surface area contributed by atoms with E-state index in [1.165, 1.54) is 23.9 Å². The molecule has 0 saturated carbocycles. The Morgan fingerprint density at radius 1 is 1.06 bits per heavy atom. The first-order valence-corrected chi connectivity index (χ1v) is 6.31. The Morgan fingerprint density at radius 2 is 1.71 bits per heavy atom. The van der Waals surface area contributed by atoms with Crippen molar-refractivity contribution in [3.8, 4) is 0 Å². The van der Waals surface area contributed by atoms with E-state index in [1.54, 1.807) is 12.1 Å². The summed E-state index contributed by atoms with van der Waals surface area (Å²) in [6, 6.07) is 9.97. The van der Waals surface area contributed by atoms with Crippen LogP contribution in [0.5, 0.6) is 0 Å². The van der Waals surface area contributed by atoms with Gasteiger partial charge >= 0.3 is 0 Å². The summed E-state index contributed by atoms with van der Waals surface area (Å²) in [4.78, 5) is 1.57. The van der Waals surface area contributed by atoms with Crippen LogP contribution in [-0.2, 0) is 0 Å². The predicted molar refractivity (Wildman–Crippen MR) is 71.4 cm³/mol. The number of rotatable bonds is 2. The first-order chi connectivity index (χ1) is 8.06. The van der Waals surface area contributed by atoms with Gasteiger partial charge in [-0.05, 0) is 36.4 Å². The van der Waals surface area contributed by atoms with Crippen molar-refractivity contribution >= 4 is 40.7 Å². The molecule has 88 valence electrons. The lowest BCUT2D eigenvalue weighted by molar-refractivity contribution is 0.625. The lowest BCUT2D eigenvalue weighted by atomic mass is 10.3. The first-order valence-electron chi connectivity index (χ1n) is 4.74. The summed E-state index contributed by atoms with van der Waals surface area (Å²) in [7, 11) is 0. The molecule has 17 heavy (non-hydrogen) atoms. The summed E-state index contributed by atoms with van der Waals surface area (Å²) in [6.45, 7) is 0. The number of nitrogen functional groups attached to an aromatic ring is 1. The van der Waals surface area contributed by atoms with Gasteiger partial charge < -0.3 is 5.73 Å². The highest BCUT2D eigenvalue weighted by molar-refractivity contribution is 7.99. The predicted octanol–water partition coefficient (Wildman–Crippen LogP) is 4.87. The molecule has 1 nitrogen and oxygen atoms in total. The van der Waals surface area contributed by atoms with Gasteiger partial charge in [-0.3, -0.25) is 0 Å². The second-order valence-electron chi connectivity index (χ2n) is 3.36. The van der Waals surface area contributed by atoms with Crippen LogP contribution in [-0.4, -0.2) is 0 Å². The standard InChI is InChI=1S/C12H8Cl2FNS/c13-7-1-3-8(4-2-7)17-12-6-10(15)9(14)5-11(12)16/h1-6H,16H2. The third kappa shape index (κ3) is 3.06. The highest BCUT2D eigenvalue weighted by Gasteiger charge is 2.07. The van der Waals surface area contributed by atoms with Crippen molar-refractivity contribution < 1.29 is 4.39 Å². The molecule has 2 N–H and O–H groups in total. The maximum Gasteiger partial charge on any atom is 0.143 e. The van der Waals surface area contributed by atoms with Crippen molar-refractivity contribution in [3.63, 3.8) is 0 Å². The van der Waals surface area contributed by atoms with Crippen LogP contribution in [0.1, 0.15) is 0 Å². The molecule has 0 aliphatic carbocycles. The molecule has 5 heteroatoms. The Morgan fingerprint density at radius 3 is 2.35 bits per heavy atom. The van der Waals surface area contributed by atoms with Crippen molar-refractivity contribution in [3.05, 3.63) is 52.3 Å². The van der Waals surface area contributed by atoms with Crippen LogP contribution in [0.4, 0.5) is 10.1 Å². The van der Waals surface area contributed by atoms with E-state index in [0.29, 0.717) is 15.6 Å². The molecule has 0 aliphatic rings. The third-order valence-electron chi connectivity index (χ3n) is 2.09. The summed E-state index contributed by atoms with van der Waals surface area (Å²) in [5.41, 5.74) is 6.22. The maximum atomic E-state index is 13.3. The lowest BCUT2D eigenvalue weighted by Gasteiger charge is -2.06. The topological polar surface area (TPSA) is 26.0 Å². The minimum atomic E-state index is -0.475.